The van der Waals surface area contributed by atoms with Crippen molar-refractivity contribution in [2.24, 2.45) is 4.99 Å². The van der Waals surface area contributed by atoms with E-state index in [1.54, 1.807) is 0 Å². The lowest BCUT2D eigenvalue weighted by Gasteiger charge is -2.22. The third kappa shape index (κ3) is 5.75. The molecule has 0 saturated carbocycles. The second-order valence-corrected chi connectivity index (χ2v) is 8.79. The summed E-state index contributed by atoms with van der Waals surface area (Å²) < 4.78 is 0. The predicted octanol–water partition coefficient (Wildman–Crippen LogP) is 7.63. The Hall–Kier alpha value is -3.07. The van der Waals surface area contributed by atoms with E-state index in [1.165, 1.54) is 27.8 Å². The van der Waals surface area contributed by atoms with Gasteiger partial charge >= 0.3 is 0 Å². The summed E-state index contributed by atoms with van der Waals surface area (Å²) in [5.74, 6) is 1.61. The molecule has 0 aliphatic rings. The zero-order valence-electron chi connectivity index (χ0n) is 19.7. The fourth-order valence-corrected chi connectivity index (χ4v) is 3.79. The average molecular weight is 414 g/mol. The van der Waals surface area contributed by atoms with Gasteiger partial charge < -0.3 is 10.6 Å². The molecule has 31 heavy (non-hydrogen) atoms. The van der Waals surface area contributed by atoms with E-state index in [4.69, 9.17) is 4.99 Å². The fraction of sp³-hybridized carbons (Fsp3) is 0.321. The van der Waals surface area contributed by atoms with Crippen LogP contribution in [0.3, 0.4) is 0 Å². The quantitative estimate of drug-likeness (QED) is 0.322. The minimum atomic E-state index is 0.419. The zero-order valence-corrected chi connectivity index (χ0v) is 19.7. The van der Waals surface area contributed by atoms with Crippen molar-refractivity contribution >= 4 is 17.3 Å². The van der Waals surface area contributed by atoms with Gasteiger partial charge in [0.05, 0.1) is 6.54 Å². The Morgan fingerprint density at radius 1 is 0.677 bits per heavy atom. The predicted molar refractivity (Wildman–Crippen MR) is 135 cm³/mol. The second kappa shape index (κ2) is 10.3. The summed E-state index contributed by atoms with van der Waals surface area (Å²) in [5, 5.41) is 7.30. The van der Waals surface area contributed by atoms with Gasteiger partial charge in [-0.15, -0.1) is 0 Å². The Morgan fingerprint density at radius 3 is 1.61 bits per heavy atom. The first-order chi connectivity index (χ1) is 14.9. The molecule has 0 aromatic heterocycles. The molecule has 0 unspecified atom stereocenters. The second-order valence-electron chi connectivity index (χ2n) is 8.79. The lowest BCUT2D eigenvalue weighted by Crippen LogP contribution is -2.25. The molecule has 0 amide bonds. The van der Waals surface area contributed by atoms with Gasteiger partial charge in [0.25, 0.3) is 0 Å². The first kappa shape index (κ1) is 22.6. The number of rotatable bonds is 6. The van der Waals surface area contributed by atoms with Crippen LogP contribution in [0.4, 0.5) is 11.4 Å². The van der Waals surface area contributed by atoms with E-state index in [9.17, 15) is 0 Å². The molecular weight excluding hydrogens is 378 g/mol. The van der Waals surface area contributed by atoms with Crippen LogP contribution in [0.1, 0.15) is 67.3 Å². The van der Waals surface area contributed by atoms with Gasteiger partial charge in [-0.25, -0.2) is 4.99 Å². The smallest absolute Gasteiger partial charge is 0.200 e. The molecule has 0 heterocycles. The van der Waals surface area contributed by atoms with Crippen molar-refractivity contribution in [2.45, 2.75) is 59.9 Å². The van der Waals surface area contributed by atoms with Crippen molar-refractivity contribution in [3.05, 3.63) is 94.5 Å². The molecule has 0 radical (unpaired) electrons. The molecule has 2 N–H and O–H groups in total. The number of nitrogens with one attached hydrogen (secondary N) is 2. The van der Waals surface area contributed by atoms with E-state index in [0.717, 1.165) is 17.3 Å². The van der Waals surface area contributed by atoms with Gasteiger partial charge in [0, 0.05) is 11.4 Å². The minimum Gasteiger partial charge on any atom is -0.326 e. The highest BCUT2D eigenvalue weighted by Crippen LogP contribution is 2.30. The van der Waals surface area contributed by atoms with Crippen LogP contribution in [0.25, 0.3) is 0 Å². The average Bonchev–Trinajstić information content (AvgIpc) is 2.75. The Morgan fingerprint density at radius 2 is 1.16 bits per heavy atom. The Bertz CT molecular complexity index is 972. The summed E-state index contributed by atoms with van der Waals surface area (Å²) in [6.07, 6.45) is 0. The number of hydrogen-bond donors (Lipinski definition) is 2. The van der Waals surface area contributed by atoms with Gasteiger partial charge in [-0.05, 0) is 53.5 Å². The number of nitrogens with zero attached hydrogens (tertiary/aromatic N) is 1. The maximum atomic E-state index is 4.96. The number of aryl methyl sites for hydroxylation is 2. The van der Waals surface area contributed by atoms with Crippen LogP contribution >= 0.6 is 0 Å². The summed E-state index contributed by atoms with van der Waals surface area (Å²) >= 11 is 0. The highest BCUT2D eigenvalue weighted by atomic mass is 15.2. The third-order valence-electron chi connectivity index (χ3n) is 5.60. The van der Waals surface area contributed by atoms with Gasteiger partial charge in [0.2, 0.25) is 5.96 Å². The zero-order chi connectivity index (χ0) is 22.4. The Labute approximate surface area is 187 Å². The lowest BCUT2D eigenvalue weighted by atomic mass is 9.97. The topological polar surface area (TPSA) is 36.4 Å². The summed E-state index contributed by atoms with van der Waals surface area (Å²) in [6.45, 7) is 13.8. The Balaban J connectivity index is 2.01. The van der Waals surface area contributed by atoms with Gasteiger partial charge in [0.15, 0.2) is 0 Å². The van der Waals surface area contributed by atoms with Crippen LogP contribution < -0.4 is 10.6 Å². The largest absolute Gasteiger partial charge is 0.326 e. The highest BCUT2D eigenvalue weighted by molar-refractivity contribution is 6.05. The van der Waals surface area contributed by atoms with Gasteiger partial charge in [0.1, 0.15) is 0 Å². The molecule has 3 aromatic carbocycles. The van der Waals surface area contributed by atoms with Crippen LogP contribution in [0.15, 0.2) is 71.7 Å². The van der Waals surface area contributed by atoms with E-state index in [-0.39, 0.29) is 0 Å². The van der Waals surface area contributed by atoms with Crippen molar-refractivity contribution in [3.8, 4) is 0 Å². The number of aliphatic imine (C=N–C) groups is 1. The molecule has 0 atom stereocenters. The summed E-state index contributed by atoms with van der Waals surface area (Å²) in [6, 6.07) is 23.3. The normalized spacial score (nSPS) is 11.0. The molecule has 0 aliphatic heterocycles. The summed E-state index contributed by atoms with van der Waals surface area (Å²) in [5.41, 5.74) is 8.48. The van der Waals surface area contributed by atoms with Crippen LogP contribution in [0, 0.1) is 13.8 Å². The molecule has 0 saturated heterocycles. The highest BCUT2D eigenvalue weighted by Gasteiger charge is 2.14. The minimum absolute atomic E-state index is 0.419. The SMILES string of the molecule is Cc1cccc(C(C)C)c1NC(=NCc1ccccc1)Nc1c(C)cccc1C(C)C. The summed E-state index contributed by atoms with van der Waals surface area (Å²) in [7, 11) is 0. The molecule has 3 heteroatoms. The molecule has 3 nitrogen and oxygen atoms in total. The van der Waals surface area contributed by atoms with E-state index in [0.29, 0.717) is 18.4 Å². The monoisotopic (exact) mass is 413 g/mol. The molecule has 0 aliphatic carbocycles. The van der Waals surface area contributed by atoms with Gasteiger partial charge in [-0.2, -0.15) is 0 Å². The number of para-hydroxylation sites is 2. The van der Waals surface area contributed by atoms with E-state index >= 15 is 0 Å². The van der Waals surface area contributed by atoms with Crippen molar-refractivity contribution in [2.75, 3.05) is 10.6 Å². The number of hydrogen-bond acceptors (Lipinski definition) is 1. The first-order valence-corrected chi connectivity index (χ1v) is 11.2. The van der Waals surface area contributed by atoms with Crippen LogP contribution in [-0.4, -0.2) is 5.96 Å². The van der Waals surface area contributed by atoms with Crippen LogP contribution in [0.5, 0.6) is 0 Å². The molecule has 0 bridgehead atoms. The van der Waals surface area contributed by atoms with Crippen molar-refractivity contribution in [1.29, 1.82) is 0 Å². The maximum Gasteiger partial charge on any atom is 0.200 e. The van der Waals surface area contributed by atoms with E-state index in [2.05, 4.69) is 113 Å². The van der Waals surface area contributed by atoms with Gasteiger partial charge in [-0.3, -0.25) is 0 Å². The number of anilines is 2. The third-order valence-corrected chi connectivity index (χ3v) is 5.60. The fourth-order valence-electron chi connectivity index (χ4n) is 3.79. The standard InChI is InChI=1S/C28H35N3/c1-19(2)24-16-10-12-21(5)26(24)30-28(29-18-23-14-8-7-9-15-23)31-27-22(6)13-11-17-25(27)20(3)4/h7-17,19-20H,18H2,1-6H3,(H2,29,30,31). The van der Waals surface area contributed by atoms with Crippen LogP contribution in [0.2, 0.25) is 0 Å². The number of guanidine groups is 1. The van der Waals surface area contributed by atoms with Crippen molar-refractivity contribution in [3.63, 3.8) is 0 Å². The molecular formula is C28H35N3. The van der Waals surface area contributed by atoms with Crippen molar-refractivity contribution in [1.82, 2.24) is 0 Å². The molecule has 3 rings (SSSR count). The molecule has 162 valence electrons. The molecule has 3 aromatic rings. The molecule has 0 fully saturated rings. The van der Waals surface area contributed by atoms with Crippen LogP contribution in [-0.2, 0) is 6.54 Å². The van der Waals surface area contributed by atoms with E-state index < -0.39 is 0 Å². The first-order valence-electron chi connectivity index (χ1n) is 11.2. The van der Waals surface area contributed by atoms with E-state index in [1.807, 2.05) is 6.07 Å². The Kier molecular flexibility index (Phi) is 7.51. The van der Waals surface area contributed by atoms with Crippen molar-refractivity contribution < 1.29 is 0 Å². The maximum absolute atomic E-state index is 4.96. The molecule has 0 spiro atoms. The lowest BCUT2D eigenvalue weighted by molar-refractivity contribution is 0.866. The van der Waals surface area contributed by atoms with Gasteiger partial charge in [-0.1, -0.05) is 94.4 Å². The number of benzene rings is 3. The summed E-state index contributed by atoms with van der Waals surface area (Å²) in [4.78, 5) is 4.96.